The van der Waals surface area contributed by atoms with Crippen LogP contribution in [0.1, 0.15) is 362 Å². The fraction of sp³-hybridized carbons (Fsp3) is 0.890. The molecule has 1 saturated heterocycles. The van der Waals surface area contributed by atoms with E-state index in [-0.39, 0.29) is 113 Å². The van der Waals surface area contributed by atoms with Crippen LogP contribution in [-0.2, 0) is 90.5 Å². The number of thioether (sulfide) groups is 2. The number of nitrogens with zero attached hydrogens (tertiary/aromatic N) is 3. The Morgan fingerprint density at radius 1 is 0.425 bits per heavy atom. The topological polar surface area (TPSA) is 356 Å². The second kappa shape index (κ2) is 79.2. The summed E-state index contributed by atoms with van der Waals surface area (Å²) in [6.45, 7) is 97.6. The fourth-order valence-corrected chi connectivity index (χ4v) is 18.9. The molecule has 1 unspecified atom stereocenters. The van der Waals surface area contributed by atoms with E-state index in [1.165, 1.54) is 50.8 Å². The number of aliphatic imine (C=N–C) groups is 1. The molecule has 0 aliphatic carbocycles. The molecule has 0 aromatic rings. The third-order valence-electron chi connectivity index (χ3n) is 17.5. The van der Waals surface area contributed by atoms with Crippen molar-refractivity contribution in [3.63, 3.8) is 0 Å². The maximum atomic E-state index is 12.7. The lowest BCUT2D eigenvalue weighted by Crippen LogP contribution is -2.41. The highest BCUT2D eigenvalue weighted by Crippen LogP contribution is 2.37. The molecule has 0 saturated carbocycles. The van der Waals surface area contributed by atoms with Crippen LogP contribution in [0.25, 0.3) is 0 Å². The summed E-state index contributed by atoms with van der Waals surface area (Å²) in [5.74, 6) is 8.00. The van der Waals surface area contributed by atoms with Gasteiger partial charge in [0.1, 0.15) is 49.0 Å². The van der Waals surface area contributed by atoms with E-state index >= 15 is 0 Å². The standard InChI is InChI=1S/C26H47N3O8.C24H48N2O2S2.C15H29NO4S2.C14H26O6S2.C11H23N.C10H22S2.C9H18O2/c1-25(2,3)20-19-23(32)29(24(20)33)10-7-21(30)27-9-12-35-14-16-37-18-17-36-15-13-34-11-8-22(31)28-26(4,5)6;1-20(2)25-13-15-26(14-10-17-30-19-21(27)24(6,7)8)22(28)11-18-29-16-9-12-23(3,4)5;1-14(2,3)11-12(17)19-7-9-21-22-10-8-20-13(18)16-15(4,5)6;1-13(2,3)19-11(15)17-7-9-21-22-10-8-18-12(16)20-14(4,5)6;1-10(2,3)7-8-12-9-11(4,5)6;1-9(2,3)7-11-12-8-10(4,5)6;1-8(2,3)7(10)11-9(4,5)6/h20H,7-19H2,1-6H3,(H,27,30)(H,28,31);20,25H,9-19H2,1-8H3;7-11H2,1-6H3,(H,16,18);7-10H2,1-6H3;8H,7,9H2,1-6H3;7-8H2,1-6H3;1-6H3. The van der Waals surface area contributed by atoms with Gasteiger partial charge in [0, 0.05) is 128 Å². The monoisotopic (exact) mass is 2230 g/mol. The Balaban J connectivity index is -0.000000408. The van der Waals surface area contributed by atoms with Crippen molar-refractivity contribution < 1.29 is 105 Å². The van der Waals surface area contributed by atoms with Crippen molar-refractivity contribution in [1.82, 2.24) is 31.1 Å². The summed E-state index contributed by atoms with van der Waals surface area (Å²) in [6.07, 6.45) is 6.47. The molecule has 0 bridgehead atoms. The molecule has 6 amide bonds. The van der Waals surface area contributed by atoms with Crippen LogP contribution in [0, 0.1) is 54.7 Å². The number of alkyl carbamates (subject to hydrolysis) is 1. The molecule has 1 aliphatic rings. The van der Waals surface area contributed by atoms with Crippen LogP contribution >= 0.6 is 88.3 Å². The van der Waals surface area contributed by atoms with Gasteiger partial charge in [-0.05, 0) is 206 Å². The normalized spacial score (nSPS) is 13.5. The average molecular weight is 2230 g/mol. The zero-order chi connectivity index (χ0) is 115. The lowest BCUT2D eigenvalue weighted by molar-refractivity contribution is -0.164. The number of hydrogen-bond donors (Lipinski definition) is 4. The van der Waals surface area contributed by atoms with E-state index in [1.54, 1.807) is 74.9 Å². The van der Waals surface area contributed by atoms with Crippen LogP contribution in [0.3, 0.4) is 0 Å². The number of carbonyl (C=O) groups excluding carboxylic acids is 11. The Morgan fingerprint density at radius 3 is 1.25 bits per heavy atom. The van der Waals surface area contributed by atoms with Gasteiger partial charge in [-0.15, -0.1) is 0 Å². The van der Waals surface area contributed by atoms with E-state index in [0.29, 0.717) is 154 Å². The van der Waals surface area contributed by atoms with E-state index < -0.39 is 35.0 Å². The average Bonchev–Trinajstić information content (AvgIpc) is 1.66. The highest BCUT2D eigenvalue weighted by Gasteiger charge is 2.44. The maximum Gasteiger partial charge on any atom is 0.508 e. The number of ketones is 1. The third kappa shape index (κ3) is 119. The minimum Gasteiger partial charge on any atom is -0.465 e. The summed E-state index contributed by atoms with van der Waals surface area (Å²) in [4.78, 5) is 137. The van der Waals surface area contributed by atoms with Crippen molar-refractivity contribution in [3.8, 4) is 0 Å². The molecule has 0 radical (unpaired) electrons. The number of likely N-dealkylation sites (tertiary alicyclic amines) is 1. The molecular formula is C109H213N7O22S8. The van der Waals surface area contributed by atoms with Gasteiger partial charge in [0.05, 0.1) is 76.4 Å². The summed E-state index contributed by atoms with van der Waals surface area (Å²) in [6, 6.07) is 0.430. The lowest BCUT2D eigenvalue weighted by Gasteiger charge is -2.25. The quantitative estimate of drug-likeness (QED) is 0.0110. The van der Waals surface area contributed by atoms with Gasteiger partial charge >= 0.3 is 30.3 Å². The first-order valence-corrected chi connectivity index (χ1v) is 61.6. The van der Waals surface area contributed by atoms with Gasteiger partial charge < -0.3 is 78.3 Å². The molecular weight excluding hydrogens is 2020 g/mol. The minimum atomic E-state index is -0.661. The molecule has 1 atom stereocenters. The highest BCUT2D eigenvalue weighted by atomic mass is 33.1. The Morgan fingerprint density at radius 2 is 0.863 bits per heavy atom. The number of carbonyl (C=O) groups is 11. The van der Waals surface area contributed by atoms with Crippen LogP contribution in [-0.4, -0.2) is 292 Å². The van der Waals surface area contributed by atoms with Gasteiger partial charge in [0.25, 0.3) is 0 Å². The van der Waals surface area contributed by atoms with Crippen LogP contribution in [0.15, 0.2) is 4.99 Å². The Labute approximate surface area is 921 Å². The van der Waals surface area contributed by atoms with Gasteiger partial charge in [-0.1, -0.05) is 245 Å². The number of esters is 2. The smallest absolute Gasteiger partial charge is 0.465 e. The van der Waals surface area contributed by atoms with Crippen LogP contribution in [0.2, 0.25) is 0 Å². The number of rotatable bonds is 54. The first-order valence-electron chi connectivity index (χ1n) is 51.9. The fourth-order valence-electron chi connectivity index (χ4n) is 10.1. The predicted molar refractivity (Wildman–Crippen MR) is 624 cm³/mol. The molecule has 29 nitrogen and oxygen atoms in total. The molecule has 1 rings (SSSR count). The Bertz CT molecular complexity index is 3370. The molecule has 0 spiro atoms. The summed E-state index contributed by atoms with van der Waals surface area (Å²) < 4.78 is 56.8. The molecule has 864 valence electrons. The van der Waals surface area contributed by atoms with Gasteiger partial charge in [-0.3, -0.25) is 48.2 Å². The number of amides is 6. The Kier molecular flexibility index (Phi) is 83.0. The van der Waals surface area contributed by atoms with Gasteiger partial charge in [-0.25, -0.2) is 14.4 Å². The SMILES string of the molecule is CC(C)(C)CC(=O)OCCSSCCOC(=O)NC(C)(C)C.CC(C)(C)CC=NCC(C)(C)C.CC(C)(C)CSSCC(C)(C)C.CC(C)(C)NC(=O)CCOCCOCCOCCOCCNC(=O)CCN1C(=O)CC(C(C)(C)C)C1=O.CC(C)(C)OC(=O)C(C)(C)C.CC(C)(C)OC(=O)OCCSSCCOC(=O)OC(C)(C)C.CC(C)NCCN(CCCSCC(=O)C(C)(C)C)C(=O)CCSCCCC(C)(C)C. The molecule has 0 aromatic carbocycles. The molecule has 0 aromatic heterocycles. The summed E-state index contributed by atoms with van der Waals surface area (Å²) in [5, 5.41) is 11.7. The first kappa shape index (κ1) is 153. The summed E-state index contributed by atoms with van der Waals surface area (Å²) in [5.41, 5.74) is -0.916. The maximum absolute atomic E-state index is 12.7. The van der Waals surface area contributed by atoms with E-state index in [1.807, 2.05) is 184 Å². The zero-order valence-electron chi connectivity index (χ0n) is 100.0. The van der Waals surface area contributed by atoms with Crippen molar-refractivity contribution in [1.29, 1.82) is 0 Å². The second-order valence-corrected chi connectivity index (χ2v) is 61.5. The number of Topliss-reactive ketones (excluding diaryl/α,β-unsaturated/α-hetero) is 1. The largest absolute Gasteiger partial charge is 0.508 e. The third-order valence-corrected chi connectivity index (χ3v) is 27.6. The summed E-state index contributed by atoms with van der Waals surface area (Å²) >= 11 is 3.59. The minimum absolute atomic E-state index is 0.0336. The predicted octanol–water partition coefficient (Wildman–Crippen LogP) is 25.3. The molecule has 1 aliphatic heterocycles. The van der Waals surface area contributed by atoms with Crippen LogP contribution in [0.4, 0.5) is 14.4 Å². The number of ether oxygens (including phenoxy) is 11. The van der Waals surface area contributed by atoms with Crippen molar-refractivity contribution in [3.05, 3.63) is 0 Å². The molecule has 1 fully saturated rings. The van der Waals surface area contributed by atoms with E-state index in [9.17, 15) is 52.7 Å². The van der Waals surface area contributed by atoms with E-state index in [4.69, 9.17) is 52.1 Å². The van der Waals surface area contributed by atoms with Crippen LogP contribution in [0.5, 0.6) is 0 Å². The van der Waals surface area contributed by atoms with Crippen molar-refractivity contribution >= 4 is 160 Å². The van der Waals surface area contributed by atoms with Gasteiger partial charge in [0.15, 0.2) is 0 Å². The van der Waals surface area contributed by atoms with Gasteiger partial charge in [-0.2, -0.15) is 23.5 Å². The number of nitrogens with one attached hydrogen (secondary N) is 4. The second-order valence-electron chi connectivity index (χ2n) is 51.3. The molecule has 37 heteroatoms. The van der Waals surface area contributed by atoms with E-state index in [2.05, 4.69) is 150 Å². The molecule has 4 N–H and O–H groups in total. The van der Waals surface area contributed by atoms with Crippen LogP contribution < -0.4 is 21.3 Å². The lowest BCUT2D eigenvalue weighted by atomic mass is 9.80. The van der Waals surface area contributed by atoms with Crippen molar-refractivity contribution in [2.45, 2.75) is 396 Å². The van der Waals surface area contributed by atoms with Gasteiger partial charge in [0.2, 0.25) is 29.5 Å². The number of imide groups is 1. The van der Waals surface area contributed by atoms with Crippen molar-refractivity contribution in [2.24, 2.45) is 59.6 Å². The molecule has 146 heavy (non-hydrogen) atoms. The summed E-state index contributed by atoms with van der Waals surface area (Å²) in [7, 11) is 10.3. The highest BCUT2D eigenvalue weighted by molar-refractivity contribution is 8.77. The Hall–Kier alpha value is -3.76. The first-order chi connectivity index (χ1) is 66.2. The molecule has 1 heterocycles. The van der Waals surface area contributed by atoms with E-state index in [0.717, 1.165) is 62.0 Å². The zero-order valence-corrected chi connectivity index (χ0v) is 107. The number of hydrogen-bond acceptors (Lipinski definition) is 32. The van der Waals surface area contributed by atoms with Crippen molar-refractivity contribution in [2.75, 3.05) is 176 Å².